The largest absolute Gasteiger partial charge is 0.421 e. The topological polar surface area (TPSA) is 102 Å². The van der Waals surface area contributed by atoms with Crippen LogP contribution in [-0.4, -0.2) is 42.1 Å². The van der Waals surface area contributed by atoms with Crippen molar-refractivity contribution in [1.29, 1.82) is 0 Å². The highest BCUT2D eigenvalue weighted by Crippen LogP contribution is 2.17. The molecule has 1 saturated heterocycles. The van der Waals surface area contributed by atoms with E-state index in [1.807, 2.05) is 30.3 Å². The number of hydrogen-bond acceptors (Lipinski definition) is 6. The van der Waals surface area contributed by atoms with Crippen LogP contribution in [0.1, 0.15) is 18.7 Å². The van der Waals surface area contributed by atoms with Crippen LogP contribution >= 0.6 is 0 Å². The quantitative estimate of drug-likeness (QED) is 0.873. The minimum absolute atomic E-state index is 0.0253. The van der Waals surface area contributed by atoms with Crippen LogP contribution in [0.3, 0.4) is 0 Å². The van der Waals surface area contributed by atoms with Gasteiger partial charge in [0.15, 0.2) is 9.84 Å². The molecule has 122 valence electrons. The molecule has 0 saturated carbocycles. The molecule has 1 unspecified atom stereocenters. The first-order valence-corrected chi connectivity index (χ1v) is 9.21. The van der Waals surface area contributed by atoms with Gasteiger partial charge in [-0.05, 0) is 18.6 Å². The maximum absolute atomic E-state index is 11.9. The molecule has 1 aromatic carbocycles. The lowest BCUT2D eigenvalue weighted by Crippen LogP contribution is -2.35. The number of nitrogens with zero attached hydrogens (tertiary/aromatic N) is 2. The van der Waals surface area contributed by atoms with Gasteiger partial charge in [-0.2, -0.15) is 0 Å². The summed E-state index contributed by atoms with van der Waals surface area (Å²) >= 11 is 0. The van der Waals surface area contributed by atoms with Crippen molar-refractivity contribution in [3.05, 3.63) is 36.2 Å². The summed E-state index contributed by atoms with van der Waals surface area (Å²) < 4.78 is 28.2. The van der Waals surface area contributed by atoms with Crippen molar-refractivity contribution in [3.63, 3.8) is 0 Å². The highest BCUT2D eigenvalue weighted by atomic mass is 32.2. The number of amides is 1. The fourth-order valence-electron chi connectivity index (χ4n) is 2.48. The lowest BCUT2D eigenvalue weighted by Gasteiger charge is -2.09. The Labute approximate surface area is 134 Å². The van der Waals surface area contributed by atoms with Crippen molar-refractivity contribution in [1.82, 2.24) is 15.5 Å². The van der Waals surface area contributed by atoms with Crippen molar-refractivity contribution in [2.75, 3.05) is 11.5 Å². The van der Waals surface area contributed by atoms with Crippen LogP contribution in [0.2, 0.25) is 0 Å². The van der Waals surface area contributed by atoms with Gasteiger partial charge in [0.05, 0.1) is 11.5 Å². The van der Waals surface area contributed by atoms with Gasteiger partial charge in [-0.3, -0.25) is 4.79 Å². The fraction of sp³-hybridized carbons (Fsp3) is 0.400. The minimum Gasteiger partial charge on any atom is -0.421 e. The maximum atomic E-state index is 11.9. The Morgan fingerprint density at radius 2 is 2.04 bits per heavy atom. The van der Waals surface area contributed by atoms with E-state index in [1.54, 1.807) is 0 Å². The summed E-state index contributed by atoms with van der Waals surface area (Å²) in [4.78, 5) is 11.9. The molecule has 1 atom stereocenters. The maximum Gasteiger partial charge on any atom is 0.247 e. The molecule has 1 aliphatic rings. The molecule has 0 radical (unpaired) electrons. The predicted molar refractivity (Wildman–Crippen MR) is 83.3 cm³/mol. The van der Waals surface area contributed by atoms with E-state index < -0.39 is 9.84 Å². The Kier molecular flexibility index (Phi) is 4.42. The number of carbonyl (C=O) groups is 1. The van der Waals surface area contributed by atoms with Crippen molar-refractivity contribution < 1.29 is 17.6 Å². The van der Waals surface area contributed by atoms with Gasteiger partial charge in [0.25, 0.3) is 0 Å². The first-order valence-electron chi connectivity index (χ1n) is 7.39. The second-order valence-electron chi connectivity index (χ2n) is 5.53. The van der Waals surface area contributed by atoms with Crippen molar-refractivity contribution >= 4 is 15.7 Å². The van der Waals surface area contributed by atoms with Gasteiger partial charge in [0.1, 0.15) is 0 Å². The van der Waals surface area contributed by atoms with Crippen molar-refractivity contribution in [2.45, 2.75) is 25.3 Å². The van der Waals surface area contributed by atoms with E-state index in [0.717, 1.165) is 5.56 Å². The van der Waals surface area contributed by atoms with Gasteiger partial charge in [-0.1, -0.05) is 18.2 Å². The molecule has 1 aliphatic heterocycles. The molecule has 0 bridgehead atoms. The second-order valence-corrected chi connectivity index (χ2v) is 7.76. The average Bonchev–Trinajstić information content (AvgIpc) is 3.13. The molecule has 7 nitrogen and oxygen atoms in total. The molecular weight excluding hydrogens is 318 g/mol. The first-order chi connectivity index (χ1) is 11.0. The van der Waals surface area contributed by atoms with Crippen molar-refractivity contribution in [3.8, 4) is 11.5 Å². The van der Waals surface area contributed by atoms with E-state index in [2.05, 4.69) is 15.5 Å². The van der Waals surface area contributed by atoms with Gasteiger partial charge in [-0.15, -0.1) is 10.2 Å². The molecule has 0 spiro atoms. The first kappa shape index (κ1) is 15.7. The monoisotopic (exact) mass is 335 g/mol. The number of sulfone groups is 1. The molecule has 1 fully saturated rings. The molecule has 2 aromatic rings. The van der Waals surface area contributed by atoms with E-state index >= 15 is 0 Å². The third-order valence-electron chi connectivity index (χ3n) is 3.65. The summed E-state index contributed by atoms with van der Waals surface area (Å²) in [6.07, 6.45) is 0.991. The summed E-state index contributed by atoms with van der Waals surface area (Å²) in [6, 6.07) is 9.10. The lowest BCUT2D eigenvalue weighted by atomic mass is 10.2. The molecule has 0 aliphatic carbocycles. The molecule has 23 heavy (non-hydrogen) atoms. The van der Waals surface area contributed by atoms with Crippen LogP contribution < -0.4 is 5.32 Å². The number of benzene rings is 1. The normalized spacial score (nSPS) is 19.6. The van der Waals surface area contributed by atoms with Gasteiger partial charge in [-0.25, -0.2) is 8.42 Å². The van der Waals surface area contributed by atoms with Crippen LogP contribution in [0.25, 0.3) is 11.5 Å². The highest BCUT2D eigenvalue weighted by molar-refractivity contribution is 7.91. The number of aryl methyl sites for hydroxylation is 1. The molecule has 8 heteroatoms. The van der Waals surface area contributed by atoms with E-state index in [0.29, 0.717) is 24.6 Å². The van der Waals surface area contributed by atoms with Gasteiger partial charge in [0, 0.05) is 24.4 Å². The standard InChI is InChI=1S/C15H17N3O4S/c19-13(16-12-8-9-23(20,21)10-12)6-7-14-17-18-15(22-14)11-4-2-1-3-5-11/h1-5,12H,6-10H2,(H,16,19). The van der Waals surface area contributed by atoms with Gasteiger partial charge < -0.3 is 9.73 Å². The van der Waals surface area contributed by atoms with Gasteiger partial charge in [0.2, 0.25) is 17.7 Å². The smallest absolute Gasteiger partial charge is 0.247 e. The average molecular weight is 335 g/mol. The molecular formula is C15H17N3O4S. The summed E-state index contributed by atoms with van der Waals surface area (Å²) in [7, 11) is -2.99. The summed E-state index contributed by atoms with van der Waals surface area (Å²) in [6.45, 7) is 0. The Hall–Kier alpha value is -2.22. The number of rotatable bonds is 5. The third kappa shape index (κ3) is 4.16. The fourth-order valence-corrected chi connectivity index (χ4v) is 4.15. The lowest BCUT2D eigenvalue weighted by molar-refractivity contribution is -0.121. The second kappa shape index (κ2) is 6.49. The van der Waals surface area contributed by atoms with Crippen LogP contribution in [-0.2, 0) is 21.1 Å². The van der Waals surface area contributed by atoms with E-state index in [9.17, 15) is 13.2 Å². The SMILES string of the molecule is O=C(CCc1nnc(-c2ccccc2)o1)NC1CCS(=O)(=O)C1. The number of aromatic nitrogens is 2. The van der Waals surface area contributed by atoms with Crippen LogP contribution in [0.4, 0.5) is 0 Å². The molecule has 3 rings (SSSR count). The Balaban J connectivity index is 1.51. The number of carbonyl (C=O) groups excluding carboxylic acids is 1. The van der Waals surface area contributed by atoms with E-state index in [1.165, 1.54) is 0 Å². The van der Waals surface area contributed by atoms with Gasteiger partial charge >= 0.3 is 0 Å². The minimum atomic E-state index is -2.99. The third-order valence-corrected chi connectivity index (χ3v) is 5.42. The Morgan fingerprint density at radius 3 is 2.74 bits per heavy atom. The van der Waals surface area contributed by atoms with Crippen LogP contribution in [0, 0.1) is 0 Å². The Bertz CT molecular complexity index is 786. The van der Waals surface area contributed by atoms with Crippen LogP contribution in [0.15, 0.2) is 34.7 Å². The van der Waals surface area contributed by atoms with Crippen molar-refractivity contribution in [2.24, 2.45) is 0 Å². The van der Waals surface area contributed by atoms with Crippen LogP contribution in [0.5, 0.6) is 0 Å². The Morgan fingerprint density at radius 1 is 1.26 bits per heavy atom. The zero-order chi connectivity index (χ0) is 16.3. The molecule has 1 N–H and O–H groups in total. The summed E-state index contributed by atoms with van der Waals surface area (Å²) in [5.41, 5.74) is 0.826. The van der Waals surface area contributed by atoms with E-state index in [-0.39, 0.29) is 29.9 Å². The summed E-state index contributed by atoms with van der Waals surface area (Å²) in [5.74, 6) is 0.770. The predicted octanol–water partition coefficient (Wildman–Crippen LogP) is 0.972. The number of hydrogen-bond donors (Lipinski definition) is 1. The zero-order valence-corrected chi connectivity index (χ0v) is 13.3. The molecule has 2 heterocycles. The summed E-state index contributed by atoms with van der Waals surface area (Å²) in [5, 5.41) is 10.6. The van der Waals surface area contributed by atoms with E-state index in [4.69, 9.17) is 4.42 Å². The highest BCUT2D eigenvalue weighted by Gasteiger charge is 2.28. The molecule has 1 amide bonds. The molecule has 1 aromatic heterocycles. The number of nitrogens with one attached hydrogen (secondary N) is 1. The zero-order valence-electron chi connectivity index (χ0n) is 12.4.